The number of para-hydroxylation sites is 1. The lowest BCUT2D eigenvalue weighted by atomic mass is 9.87. The van der Waals surface area contributed by atoms with Crippen molar-refractivity contribution in [3.8, 4) is 11.5 Å². The van der Waals surface area contributed by atoms with Crippen LogP contribution in [0.1, 0.15) is 55.8 Å². The first-order chi connectivity index (χ1) is 14.7. The van der Waals surface area contributed by atoms with Crippen molar-refractivity contribution < 1.29 is 14.3 Å². The van der Waals surface area contributed by atoms with E-state index >= 15 is 0 Å². The smallest absolute Gasteiger partial charge is 0.261 e. The van der Waals surface area contributed by atoms with Crippen molar-refractivity contribution in [2.75, 3.05) is 18.5 Å². The van der Waals surface area contributed by atoms with Crippen molar-refractivity contribution in [2.24, 2.45) is 5.92 Å². The van der Waals surface area contributed by atoms with Crippen molar-refractivity contribution in [3.05, 3.63) is 54.1 Å². The van der Waals surface area contributed by atoms with E-state index in [0.717, 1.165) is 30.4 Å². The maximum atomic E-state index is 12.5. The number of carbonyl (C=O) groups excluding carboxylic acids is 1. The van der Waals surface area contributed by atoms with Crippen LogP contribution in [0.25, 0.3) is 0 Å². The predicted molar refractivity (Wildman–Crippen MR) is 124 cm³/mol. The van der Waals surface area contributed by atoms with Crippen LogP contribution in [0.3, 0.4) is 0 Å². The van der Waals surface area contributed by atoms with Crippen molar-refractivity contribution in [2.45, 2.75) is 45.4 Å². The van der Waals surface area contributed by atoms with Crippen molar-refractivity contribution in [1.82, 2.24) is 5.32 Å². The normalized spacial score (nSPS) is 14.0. The molecule has 0 heterocycles. The third-order valence-electron chi connectivity index (χ3n) is 5.29. The van der Waals surface area contributed by atoms with Gasteiger partial charge in [0.05, 0.1) is 18.8 Å². The number of hydrogen-bond donors (Lipinski definition) is 2. The molecule has 0 atom stereocenters. The van der Waals surface area contributed by atoms with Gasteiger partial charge in [-0.2, -0.15) is 0 Å². The van der Waals surface area contributed by atoms with Gasteiger partial charge in [0.1, 0.15) is 11.5 Å². The zero-order chi connectivity index (χ0) is 21.2. The Balaban J connectivity index is 1.45. The van der Waals surface area contributed by atoms with Gasteiger partial charge in [-0.05, 0) is 67.9 Å². The Kier molecular flexibility index (Phi) is 8.51. The SMILES string of the molecule is CCOc1ccccc1C(=O)NC(=S)Nc1ccc(OCCC2CCCCC2)cc1. The Morgan fingerprint density at radius 1 is 1.03 bits per heavy atom. The number of anilines is 1. The molecule has 1 saturated carbocycles. The molecule has 1 aliphatic carbocycles. The lowest BCUT2D eigenvalue weighted by Gasteiger charge is -2.21. The highest BCUT2D eigenvalue weighted by Gasteiger charge is 2.14. The van der Waals surface area contributed by atoms with E-state index < -0.39 is 0 Å². The molecular formula is C24H30N2O3S. The minimum Gasteiger partial charge on any atom is -0.494 e. The first kappa shape index (κ1) is 22.1. The number of amides is 1. The Bertz CT molecular complexity index is 833. The summed E-state index contributed by atoms with van der Waals surface area (Å²) in [5, 5.41) is 5.96. The quantitative estimate of drug-likeness (QED) is 0.541. The fourth-order valence-electron chi connectivity index (χ4n) is 3.72. The topological polar surface area (TPSA) is 59.6 Å². The number of rotatable bonds is 8. The van der Waals surface area contributed by atoms with E-state index in [4.69, 9.17) is 21.7 Å². The maximum Gasteiger partial charge on any atom is 0.261 e. The molecule has 2 N–H and O–H groups in total. The number of thiocarbonyl (C=S) groups is 1. The molecule has 6 heteroatoms. The van der Waals surface area contributed by atoms with Gasteiger partial charge in [-0.1, -0.05) is 44.2 Å². The highest BCUT2D eigenvalue weighted by atomic mass is 32.1. The molecule has 1 fully saturated rings. The number of nitrogens with one attached hydrogen (secondary N) is 2. The predicted octanol–water partition coefficient (Wildman–Crippen LogP) is 5.56. The molecule has 0 saturated heterocycles. The maximum absolute atomic E-state index is 12.5. The van der Waals surface area contributed by atoms with Gasteiger partial charge in [0.2, 0.25) is 0 Å². The van der Waals surface area contributed by atoms with Crippen molar-refractivity contribution >= 4 is 28.9 Å². The summed E-state index contributed by atoms with van der Waals surface area (Å²) < 4.78 is 11.4. The molecule has 5 nitrogen and oxygen atoms in total. The van der Waals surface area contributed by atoms with Crippen LogP contribution in [0.4, 0.5) is 5.69 Å². The molecule has 0 aromatic heterocycles. The van der Waals surface area contributed by atoms with E-state index in [2.05, 4.69) is 10.6 Å². The molecule has 0 spiro atoms. The Morgan fingerprint density at radius 3 is 2.50 bits per heavy atom. The Hall–Kier alpha value is -2.60. The van der Waals surface area contributed by atoms with Gasteiger partial charge in [0.25, 0.3) is 5.91 Å². The van der Waals surface area contributed by atoms with Crippen LogP contribution in [-0.2, 0) is 0 Å². The van der Waals surface area contributed by atoms with E-state index in [1.807, 2.05) is 37.3 Å². The molecule has 160 valence electrons. The molecule has 30 heavy (non-hydrogen) atoms. The van der Waals surface area contributed by atoms with Gasteiger partial charge in [-0.3, -0.25) is 10.1 Å². The van der Waals surface area contributed by atoms with Crippen LogP contribution < -0.4 is 20.1 Å². The fraction of sp³-hybridized carbons (Fsp3) is 0.417. The second kappa shape index (κ2) is 11.6. The molecule has 1 aliphatic rings. The highest BCUT2D eigenvalue weighted by molar-refractivity contribution is 7.80. The molecule has 3 rings (SSSR count). The van der Waals surface area contributed by atoms with Gasteiger partial charge in [-0.15, -0.1) is 0 Å². The highest BCUT2D eigenvalue weighted by Crippen LogP contribution is 2.26. The summed E-state index contributed by atoms with van der Waals surface area (Å²) in [6.45, 7) is 3.12. The van der Waals surface area contributed by atoms with Gasteiger partial charge < -0.3 is 14.8 Å². The second-order valence-corrected chi connectivity index (χ2v) is 7.91. The molecular weight excluding hydrogens is 396 g/mol. The van der Waals surface area contributed by atoms with E-state index in [1.165, 1.54) is 32.1 Å². The summed E-state index contributed by atoms with van der Waals surface area (Å²) in [6, 6.07) is 14.7. The summed E-state index contributed by atoms with van der Waals surface area (Å²) in [4.78, 5) is 12.5. The van der Waals surface area contributed by atoms with Crippen LogP contribution >= 0.6 is 12.2 Å². The van der Waals surface area contributed by atoms with Crippen LogP contribution in [0, 0.1) is 5.92 Å². The number of ether oxygens (including phenoxy) is 2. The zero-order valence-corrected chi connectivity index (χ0v) is 18.3. The van der Waals surface area contributed by atoms with Crippen molar-refractivity contribution in [3.63, 3.8) is 0 Å². The van der Waals surface area contributed by atoms with Gasteiger partial charge >= 0.3 is 0 Å². The third kappa shape index (κ3) is 6.73. The Labute approximate surface area is 184 Å². The largest absolute Gasteiger partial charge is 0.494 e. The Morgan fingerprint density at radius 2 is 1.77 bits per heavy atom. The summed E-state index contributed by atoms with van der Waals surface area (Å²) in [6.07, 6.45) is 7.90. The van der Waals surface area contributed by atoms with Gasteiger partial charge in [-0.25, -0.2) is 0 Å². The monoisotopic (exact) mass is 426 g/mol. The molecule has 0 radical (unpaired) electrons. The molecule has 0 bridgehead atoms. The average Bonchev–Trinajstić information content (AvgIpc) is 2.76. The second-order valence-electron chi connectivity index (χ2n) is 7.50. The lowest BCUT2D eigenvalue weighted by molar-refractivity contribution is 0.0974. The van der Waals surface area contributed by atoms with E-state index in [0.29, 0.717) is 17.9 Å². The van der Waals surface area contributed by atoms with Crippen LogP contribution in [0.2, 0.25) is 0 Å². The average molecular weight is 427 g/mol. The lowest BCUT2D eigenvalue weighted by Crippen LogP contribution is -2.34. The molecule has 2 aromatic carbocycles. The van der Waals surface area contributed by atoms with Gasteiger partial charge in [0, 0.05) is 5.69 Å². The number of benzene rings is 2. The number of hydrogen-bond acceptors (Lipinski definition) is 4. The zero-order valence-electron chi connectivity index (χ0n) is 17.5. The molecule has 0 aliphatic heterocycles. The standard InChI is InChI=1S/C24H30N2O3S/c1-2-28-22-11-7-6-10-21(22)23(27)26-24(30)25-19-12-14-20(15-13-19)29-17-16-18-8-4-3-5-9-18/h6-7,10-15,18H,2-5,8-9,16-17H2,1H3,(H2,25,26,27,30). The van der Waals surface area contributed by atoms with E-state index in [9.17, 15) is 4.79 Å². The molecule has 0 unspecified atom stereocenters. The first-order valence-corrected chi connectivity index (χ1v) is 11.1. The van der Waals surface area contributed by atoms with Gasteiger partial charge in [0.15, 0.2) is 5.11 Å². The molecule has 1 amide bonds. The summed E-state index contributed by atoms with van der Waals surface area (Å²) in [5.74, 6) is 1.89. The summed E-state index contributed by atoms with van der Waals surface area (Å²) in [5.41, 5.74) is 1.24. The van der Waals surface area contributed by atoms with E-state index in [-0.39, 0.29) is 11.0 Å². The van der Waals surface area contributed by atoms with Crippen LogP contribution in [0.5, 0.6) is 11.5 Å². The van der Waals surface area contributed by atoms with E-state index in [1.54, 1.807) is 18.2 Å². The fourth-order valence-corrected chi connectivity index (χ4v) is 3.93. The number of carbonyl (C=O) groups is 1. The summed E-state index contributed by atoms with van der Waals surface area (Å²) >= 11 is 5.28. The molecule has 2 aromatic rings. The minimum absolute atomic E-state index is 0.234. The van der Waals surface area contributed by atoms with Crippen molar-refractivity contribution in [1.29, 1.82) is 0 Å². The first-order valence-electron chi connectivity index (χ1n) is 10.7. The third-order valence-corrected chi connectivity index (χ3v) is 5.49. The summed E-state index contributed by atoms with van der Waals surface area (Å²) in [7, 11) is 0. The minimum atomic E-state index is -0.306. The van der Waals surface area contributed by atoms with Crippen LogP contribution in [0.15, 0.2) is 48.5 Å². The van der Waals surface area contributed by atoms with Crippen LogP contribution in [-0.4, -0.2) is 24.2 Å².